The van der Waals surface area contributed by atoms with Crippen molar-refractivity contribution in [1.29, 1.82) is 0 Å². The van der Waals surface area contributed by atoms with Gasteiger partial charge in [0.05, 0.1) is 6.42 Å². The normalized spacial score (nSPS) is 11.3. The van der Waals surface area contributed by atoms with Crippen LogP contribution in [0.1, 0.15) is 16.8 Å². The average molecular weight is 349 g/mol. The summed E-state index contributed by atoms with van der Waals surface area (Å²) >= 11 is 0. The van der Waals surface area contributed by atoms with Gasteiger partial charge in [-0.3, -0.25) is 4.79 Å². The molecule has 0 radical (unpaired) electrons. The molecule has 0 saturated heterocycles. The number of benzene rings is 2. The van der Waals surface area contributed by atoms with Crippen LogP contribution in [0.25, 0.3) is 21.8 Å². The van der Waals surface area contributed by atoms with E-state index in [0.29, 0.717) is 6.54 Å². The minimum Gasteiger partial charge on any atom is -0.361 e. The summed E-state index contributed by atoms with van der Waals surface area (Å²) in [5, 5.41) is 4.93. The first kappa shape index (κ1) is 16.4. The Bertz CT molecular complexity index is 1090. The van der Waals surface area contributed by atoms with Crippen LogP contribution in [-0.2, 0) is 17.6 Å². The first-order valence-corrected chi connectivity index (χ1v) is 8.70. The van der Waals surface area contributed by atoms with Gasteiger partial charge in [0.15, 0.2) is 0 Å². The molecule has 0 saturated carbocycles. The molecule has 26 heavy (non-hydrogen) atoms. The molecule has 0 bridgehead atoms. The highest BCUT2D eigenvalue weighted by Gasteiger charge is 2.13. The van der Waals surface area contributed by atoms with Crippen molar-refractivity contribution in [2.24, 2.45) is 0 Å². The van der Waals surface area contributed by atoms with E-state index in [1.807, 2.05) is 31.3 Å². The van der Waals surface area contributed by atoms with Crippen LogP contribution in [-0.4, -0.2) is 22.4 Å². The number of rotatable bonds is 5. The van der Waals surface area contributed by atoms with E-state index in [1.54, 1.807) is 6.07 Å². The number of para-hydroxylation sites is 1. The van der Waals surface area contributed by atoms with Crippen molar-refractivity contribution in [3.05, 3.63) is 71.3 Å². The maximum absolute atomic E-state index is 13.5. The van der Waals surface area contributed by atoms with Crippen molar-refractivity contribution in [3.8, 4) is 0 Å². The van der Waals surface area contributed by atoms with Crippen LogP contribution in [0.2, 0.25) is 0 Å². The summed E-state index contributed by atoms with van der Waals surface area (Å²) < 4.78 is 13.5. The molecule has 4 aromatic rings. The van der Waals surface area contributed by atoms with E-state index in [0.717, 1.165) is 34.1 Å². The van der Waals surface area contributed by atoms with E-state index in [4.69, 9.17) is 0 Å². The Labute approximate surface area is 150 Å². The minimum absolute atomic E-state index is 0.0573. The number of hydrogen-bond acceptors (Lipinski definition) is 1. The van der Waals surface area contributed by atoms with E-state index >= 15 is 0 Å². The maximum atomic E-state index is 13.5. The Kier molecular flexibility index (Phi) is 4.21. The predicted molar refractivity (Wildman–Crippen MR) is 102 cm³/mol. The molecular formula is C21H20FN3O. The summed E-state index contributed by atoms with van der Waals surface area (Å²) in [6.07, 6.45) is 2.99. The van der Waals surface area contributed by atoms with Gasteiger partial charge in [-0.2, -0.15) is 0 Å². The second-order valence-electron chi connectivity index (χ2n) is 6.55. The fraction of sp³-hybridized carbons (Fsp3) is 0.190. The Morgan fingerprint density at radius 3 is 2.85 bits per heavy atom. The lowest BCUT2D eigenvalue weighted by Crippen LogP contribution is -2.27. The summed E-state index contributed by atoms with van der Waals surface area (Å²) in [5.74, 6) is -0.351. The lowest BCUT2D eigenvalue weighted by atomic mass is 10.1. The van der Waals surface area contributed by atoms with E-state index < -0.39 is 0 Å². The smallest absolute Gasteiger partial charge is 0.224 e. The maximum Gasteiger partial charge on any atom is 0.224 e. The van der Waals surface area contributed by atoms with Crippen molar-refractivity contribution in [2.45, 2.75) is 19.8 Å². The van der Waals surface area contributed by atoms with Gasteiger partial charge in [-0.05, 0) is 48.7 Å². The Morgan fingerprint density at radius 2 is 1.96 bits per heavy atom. The highest BCUT2D eigenvalue weighted by atomic mass is 19.1. The molecule has 0 aliphatic carbocycles. The third kappa shape index (κ3) is 3.08. The quantitative estimate of drug-likeness (QED) is 0.501. The molecule has 2 aromatic heterocycles. The number of amides is 1. The Morgan fingerprint density at radius 1 is 1.12 bits per heavy atom. The Balaban J connectivity index is 1.42. The lowest BCUT2D eigenvalue weighted by Gasteiger charge is -2.06. The van der Waals surface area contributed by atoms with E-state index in [-0.39, 0.29) is 18.1 Å². The predicted octanol–water partition coefficient (Wildman–Crippen LogP) is 4.00. The van der Waals surface area contributed by atoms with Gasteiger partial charge in [0, 0.05) is 40.2 Å². The summed E-state index contributed by atoms with van der Waals surface area (Å²) in [5.41, 5.74) is 4.89. The van der Waals surface area contributed by atoms with Crippen molar-refractivity contribution >= 4 is 27.7 Å². The SMILES string of the molecule is Cc1[nH]c2ccc(F)cc2c1CC(=O)NCCc1c[nH]c2ccccc12. The zero-order valence-corrected chi connectivity index (χ0v) is 14.5. The van der Waals surface area contributed by atoms with Crippen molar-refractivity contribution in [3.63, 3.8) is 0 Å². The third-order valence-electron chi connectivity index (χ3n) is 4.81. The standard InChI is InChI=1S/C21H20FN3O/c1-13-17(18-10-15(22)6-7-20(18)25-13)11-21(26)23-9-8-14-12-24-19-5-3-2-4-16(14)19/h2-7,10,12,24-25H,8-9,11H2,1H3,(H,23,26). The van der Waals surface area contributed by atoms with E-state index in [2.05, 4.69) is 21.4 Å². The van der Waals surface area contributed by atoms with Crippen LogP contribution < -0.4 is 5.32 Å². The van der Waals surface area contributed by atoms with Crippen LogP contribution in [0.5, 0.6) is 0 Å². The zero-order valence-electron chi connectivity index (χ0n) is 14.5. The molecule has 132 valence electrons. The summed E-state index contributed by atoms with van der Waals surface area (Å²) in [7, 11) is 0. The summed E-state index contributed by atoms with van der Waals surface area (Å²) in [4.78, 5) is 18.8. The molecule has 4 rings (SSSR count). The number of carbonyl (C=O) groups excluding carboxylic acids is 1. The number of halogens is 1. The average Bonchev–Trinajstić information content (AvgIpc) is 3.17. The molecule has 0 unspecified atom stereocenters. The molecule has 5 heteroatoms. The third-order valence-corrected chi connectivity index (χ3v) is 4.81. The molecule has 1 amide bonds. The number of aromatic nitrogens is 2. The number of H-pyrrole nitrogens is 2. The van der Waals surface area contributed by atoms with Crippen molar-refractivity contribution in [2.75, 3.05) is 6.54 Å². The second-order valence-corrected chi connectivity index (χ2v) is 6.55. The van der Waals surface area contributed by atoms with Crippen LogP contribution in [0.15, 0.2) is 48.7 Å². The van der Waals surface area contributed by atoms with Gasteiger partial charge in [-0.15, -0.1) is 0 Å². The molecule has 2 heterocycles. The molecule has 0 aliphatic heterocycles. The Hall–Kier alpha value is -3.08. The van der Waals surface area contributed by atoms with Crippen LogP contribution >= 0.6 is 0 Å². The van der Waals surface area contributed by atoms with Crippen LogP contribution in [0, 0.1) is 12.7 Å². The summed E-state index contributed by atoms with van der Waals surface area (Å²) in [6, 6.07) is 12.7. The van der Waals surface area contributed by atoms with Gasteiger partial charge in [-0.1, -0.05) is 18.2 Å². The van der Waals surface area contributed by atoms with E-state index in [9.17, 15) is 9.18 Å². The highest BCUT2D eigenvalue weighted by Crippen LogP contribution is 2.23. The number of aromatic amines is 2. The topological polar surface area (TPSA) is 60.7 Å². The van der Waals surface area contributed by atoms with Gasteiger partial charge in [0.1, 0.15) is 5.82 Å². The van der Waals surface area contributed by atoms with E-state index in [1.165, 1.54) is 23.1 Å². The second kappa shape index (κ2) is 6.67. The summed E-state index contributed by atoms with van der Waals surface area (Å²) in [6.45, 7) is 2.48. The van der Waals surface area contributed by atoms with Gasteiger partial charge >= 0.3 is 0 Å². The first-order chi connectivity index (χ1) is 12.6. The molecular weight excluding hydrogens is 329 g/mol. The highest BCUT2D eigenvalue weighted by molar-refractivity contribution is 5.90. The number of hydrogen-bond donors (Lipinski definition) is 3. The molecule has 3 N–H and O–H groups in total. The molecule has 4 nitrogen and oxygen atoms in total. The van der Waals surface area contributed by atoms with Crippen LogP contribution in [0.3, 0.4) is 0 Å². The van der Waals surface area contributed by atoms with Gasteiger partial charge in [-0.25, -0.2) is 4.39 Å². The molecule has 2 aromatic carbocycles. The zero-order chi connectivity index (χ0) is 18.1. The van der Waals surface area contributed by atoms with Gasteiger partial charge in [0.25, 0.3) is 0 Å². The van der Waals surface area contributed by atoms with Gasteiger partial charge < -0.3 is 15.3 Å². The number of aryl methyl sites for hydroxylation is 1. The molecule has 0 aliphatic rings. The largest absolute Gasteiger partial charge is 0.361 e. The minimum atomic E-state index is -0.294. The number of fused-ring (bicyclic) bond motifs is 2. The van der Waals surface area contributed by atoms with Crippen LogP contribution in [0.4, 0.5) is 4.39 Å². The molecule has 0 atom stereocenters. The monoisotopic (exact) mass is 349 g/mol. The lowest BCUT2D eigenvalue weighted by molar-refractivity contribution is -0.120. The van der Waals surface area contributed by atoms with Gasteiger partial charge in [0.2, 0.25) is 5.91 Å². The first-order valence-electron chi connectivity index (χ1n) is 8.70. The molecule has 0 fully saturated rings. The molecule has 0 spiro atoms. The fourth-order valence-corrected chi connectivity index (χ4v) is 3.48. The number of carbonyl (C=O) groups is 1. The number of nitrogens with one attached hydrogen (secondary N) is 3. The fourth-order valence-electron chi connectivity index (χ4n) is 3.48. The van der Waals surface area contributed by atoms with Crippen molar-refractivity contribution < 1.29 is 9.18 Å². The van der Waals surface area contributed by atoms with Crippen molar-refractivity contribution in [1.82, 2.24) is 15.3 Å².